The zero-order valence-corrected chi connectivity index (χ0v) is 31.7. The van der Waals surface area contributed by atoms with Gasteiger partial charge in [-0.3, -0.25) is 5.32 Å². The zero-order valence-electron chi connectivity index (χ0n) is 31.7. The van der Waals surface area contributed by atoms with Gasteiger partial charge < -0.3 is 5.32 Å². The maximum absolute atomic E-state index is 5.39. The molecule has 2 heterocycles. The SMILES string of the molecule is c1ccc(C2=NC(c3cc(-c4ccc(-c5nc6ccccc6c6ccccc56)cc4)cc(-c4c5ccccc5cc5ccccc45)c3)NC(c3ccccc3)N2)cc1. The first-order valence-corrected chi connectivity index (χ1v) is 19.9. The zero-order chi connectivity index (χ0) is 38.4. The topological polar surface area (TPSA) is 49.3 Å². The number of amidine groups is 1. The summed E-state index contributed by atoms with van der Waals surface area (Å²) in [5.74, 6) is 0.861. The molecule has 0 saturated heterocycles. The summed E-state index contributed by atoms with van der Waals surface area (Å²) >= 11 is 0. The number of hydrogen-bond acceptors (Lipinski definition) is 4. The molecule has 4 heteroatoms. The highest BCUT2D eigenvalue weighted by Gasteiger charge is 2.26. The Morgan fingerprint density at radius 1 is 0.379 bits per heavy atom. The van der Waals surface area contributed by atoms with E-state index in [9.17, 15) is 0 Å². The van der Waals surface area contributed by atoms with Crippen LogP contribution in [0.4, 0.5) is 0 Å². The first-order valence-electron chi connectivity index (χ1n) is 19.9. The van der Waals surface area contributed by atoms with Crippen molar-refractivity contribution < 1.29 is 0 Å². The Morgan fingerprint density at radius 2 is 0.948 bits per heavy atom. The van der Waals surface area contributed by atoms with E-state index in [1.54, 1.807) is 0 Å². The summed E-state index contributed by atoms with van der Waals surface area (Å²) in [6.45, 7) is 0. The van der Waals surface area contributed by atoms with Crippen LogP contribution in [-0.4, -0.2) is 10.8 Å². The molecule has 11 rings (SSSR count). The van der Waals surface area contributed by atoms with Crippen molar-refractivity contribution in [2.24, 2.45) is 4.99 Å². The fourth-order valence-electron chi connectivity index (χ4n) is 8.68. The summed E-state index contributed by atoms with van der Waals surface area (Å²) in [7, 11) is 0. The van der Waals surface area contributed by atoms with E-state index in [1.807, 2.05) is 6.07 Å². The van der Waals surface area contributed by atoms with Crippen LogP contribution < -0.4 is 10.6 Å². The van der Waals surface area contributed by atoms with Gasteiger partial charge in [-0.2, -0.15) is 0 Å². The van der Waals surface area contributed by atoms with Gasteiger partial charge in [-0.15, -0.1) is 0 Å². The third-order valence-electron chi connectivity index (χ3n) is 11.5. The molecule has 2 unspecified atom stereocenters. The van der Waals surface area contributed by atoms with Gasteiger partial charge in [0.25, 0.3) is 0 Å². The van der Waals surface area contributed by atoms with Crippen LogP contribution in [0.2, 0.25) is 0 Å². The monoisotopic (exact) mass is 742 g/mol. The Labute approximate surface area is 337 Å². The fourth-order valence-corrected chi connectivity index (χ4v) is 8.68. The average molecular weight is 743 g/mol. The van der Waals surface area contributed by atoms with E-state index in [2.05, 4.69) is 211 Å². The van der Waals surface area contributed by atoms with E-state index in [0.717, 1.165) is 61.4 Å². The standard InChI is InChI=1S/C54H38N4/c1-3-15-37(16-4-1)52-56-53(38-17-5-2-6-18-38)58-54(57-52)43-33-41(32-42(34-43)50-44-21-9-7-19-39(44)31-40-20-8-10-22-45(40)50)35-27-29-36(30-28-35)51-48-25-12-11-23-46(48)47-24-13-14-26-49(47)55-51/h1-34,52,54,57H,(H,56,58). The van der Waals surface area contributed by atoms with Crippen molar-refractivity contribution in [1.82, 2.24) is 15.6 Å². The summed E-state index contributed by atoms with van der Waals surface area (Å²) in [5.41, 5.74) is 11.0. The third-order valence-corrected chi connectivity index (χ3v) is 11.5. The van der Waals surface area contributed by atoms with Gasteiger partial charge in [0.2, 0.25) is 0 Å². The van der Waals surface area contributed by atoms with Crippen molar-refractivity contribution in [3.8, 4) is 33.5 Å². The van der Waals surface area contributed by atoms with E-state index < -0.39 is 0 Å². The molecule has 2 N–H and O–H groups in total. The van der Waals surface area contributed by atoms with Crippen LogP contribution in [0.5, 0.6) is 0 Å². The number of pyridine rings is 1. The molecule has 0 saturated carbocycles. The minimum absolute atomic E-state index is 0.145. The van der Waals surface area contributed by atoms with Crippen LogP contribution in [0.3, 0.4) is 0 Å². The molecule has 4 nitrogen and oxygen atoms in total. The maximum atomic E-state index is 5.39. The fraction of sp³-hybridized carbons (Fsp3) is 0.0370. The minimum atomic E-state index is -0.325. The Bertz CT molecular complexity index is 3120. The maximum Gasteiger partial charge on any atom is 0.131 e. The lowest BCUT2D eigenvalue weighted by atomic mass is 9.88. The van der Waals surface area contributed by atoms with Crippen molar-refractivity contribution >= 4 is 49.1 Å². The highest BCUT2D eigenvalue weighted by molar-refractivity contribution is 6.13. The first kappa shape index (κ1) is 33.9. The molecule has 0 aliphatic carbocycles. The van der Waals surface area contributed by atoms with Crippen LogP contribution in [0.15, 0.2) is 211 Å². The second-order valence-electron chi connectivity index (χ2n) is 15.0. The number of hydrogen-bond donors (Lipinski definition) is 2. The van der Waals surface area contributed by atoms with E-state index in [0.29, 0.717) is 0 Å². The molecule has 274 valence electrons. The smallest absolute Gasteiger partial charge is 0.131 e. The van der Waals surface area contributed by atoms with Crippen LogP contribution in [0.1, 0.15) is 29.0 Å². The number of aromatic nitrogens is 1. The molecule has 0 fully saturated rings. The van der Waals surface area contributed by atoms with E-state index in [4.69, 9.17) is 9.98 Å². The predicted octanol–water partition coefficient (Wildman–Crippen LogP) is 13.0. The molecule has 58 heavy (non-hydrogen) atoms. The number of para-hydroxylation sites is 1. The molecule has 1 aliphatic heterocycles. The van der Waals surface area contributed by atoms with Gasteiger partial charge in [-0.05, 0) is 90.6 Å². The van der Waals surface area contributed by atoms with Crippen molar-refractivity contribution in [2.45, 2.75) is 12.3 Å². The molecule has 0 amide bonds. The van der Waals surface area contributed by atoms with Crippen LogP contribution in [-0.2, 0) is 0 Å². The molecule has 9 aromatic carbocycles. The minimum Gasteiger partial charge on any atom is -0.350 e. The van der Waals surface area contributed by atoms with Gasteiger partial charge in [0, 0.05) is 21.9 Å². The normalized spacial score (nSPS) is 15.4. The molecule has 10 aromatic rings. The van der Waals surface area contributed by atoms with Gasteiger partial charge >= 0.3 is 0 Å². The molecule has 1 aliphatic rings. The lowest BCUT2D eigenvalue weighted by Gasteiger charge is -2.32. The van der Waals surface area contributed by atoms with Crippen LogP contribution in [0.25, 0.3) is 76.7 Å². The molecule has 2 atom stereocenters. The van der Waals surface area contributed by atoms with Gasteiger partial charge in [-0.1, -0.05) is 176 Å². The second-order valence-corrected chi connectivity index (χ2v) is 15.0. The summed E-state index contributed by atoms with van der Waals surface area (Å²) < 4.78 is 0. The van der Waals surface area contributed by atoms with Crippen LogP contribution >= 0.6 is 0 Å². The number of nitrogens with zero attached hydrogens (tertiary/aromatic N) is 2. The van der Waals surface area contributed by atoms with Crippen molar-refractivity contribution in [1.29, 1.82) is 0 Å². The number of benzene rings is 9. The van der Waals surface area contributed by atoms with Gasteiger partial charge in [0.05, 0.1) is 11.2 Å². The quantitative estimate of drug-likeness (QED) is 0.132. The molecular formula is C54H38N4. The van der Waals surface area contributed by atoms with Crippen LogP contribution in [0, 0.1) is 0 Å². The average Bonchev–Trinajstić information content (AvgIpc) is 3.31. The number of nitrogens with one attached hydrogen (secondary N) is 2. The Morgan fingerprint density at radius 3 is 1.67 bits per heavy atom. The summed E-state index contributed by atoms with van der Waals surface area (Å²) in [6.07, 6.45) is -0.470. The third kappa shape index (κ3) is 6.08. The lowest BCUT2D eigenvalue weighted by Crippen LogP contribution is -2.44. The summed E-state index contributed by atoms with van der Waals surface area (Å²) in [6, 6.07) is 73.7. The Kier molecular flexibility index (Phi) is 8.34. The second kappa shape index (κ2) is 14.3. The van der Waals surface area contributed by atoms with Gasteiger partial charge in [0.15, 0.2) is 0 Å². The lowest BCUT2D eigenvalue weighted by molar-refractivity contribution is 0.409. The highest BCUT2D eigenvalue weighted by atomic mass is 15.3. The van der Waals surface area contributed by atoms with Gasteiger partial charge in [-0.25, -0.2) is 9.98 Å². The first-order chi connectivity index (χ1) is 28.7. The number of fused-ring (bicyclic) bond motifs is 5. The molecular weight excluding hydrogens is 705 g/mol. The number of aliphatic imine (C=N–C) groups is 1. The largest absolute Gasteiger partial charge is 0.350 e. The molecule has 0 spiro atoms. The van der Waals surface area contributed by atoms with Gasteiger partial charge in [0.1, 0.15) is 18.2 Å². The molecule has 0 bridgehead atoms. The predicted molar refractivity (Wildman–Crippen MR) is 242 cm³/mol. The Balaban J connectivity index is 1.10. The summed E-state index contributed by atoms with van der Waals surface area (Å²) in [4.78, 5) is 10.6. The Hall–Kier alpha value is -7.40. The van der Waals surface area contributed by atoms with Crippen molar-refractivity contribution in [2.75, 3.05) is 0 Å². The molecule has 1 aromatic heterocycles. The van der Waals surface area contributed by atoms with E-state index in [1.165, 1.54) is 37.9 Å². The van der Waals surface area contributed by atoms with Crippen molar-refractivity contribution in [3.63, 3.8) is 0 Å². The van der Waals surface area contributed by atoms with E-state index in [-0.39, 0.29) is 12.3 Å². The highest BCUT2D eigenvalue weighted by Crippen LogP contribution is 2.41. The molecule has 0 radical (unpaired) electrons. The number of rotatable bonds is 6. The van der Waals surface area contributed by atoms with E-state index >= 15 is 0 Å². The van der Waals surface area contributed by atoms with Crippen molar-refractivity contribution in [3.05, 3.63) is 223 Å². The summed E-state index contributed by atoms with van der Waals surface area (Å²) in [5, 5.41) is 16.0.